The van der Waals surface area contributed by atoms with Crippen LogP contribution in [0, 0.1) is 0 Å². The van der Waals surface area contributed by atoms with Gasteiger partial charge in [-0.3, -0.25) is 9.59 Å². The third-order valence-electron chi connectivity index (χ3n) is 4.29. The molecule has 1 N–H and O–H groups in total. The van der Waals surface area contributed by atoms with Crippen LogP contribution >= 0.6 is 0 Å². The second kappa shape index (κ2) is 7.49. The molecule has 0 spiro atoms. The van der Waals surface area contributed by atoms with Gasteiger partial charge >= 0.3 is 0 Å². The number of carbonyl (C=O) groups excluding carboxylic acids is 1. The number of pyridine rings is 1. The van der Waals surface area contributed by atoms with Crippen LogP contribution in [0.15, 0.2) is 35.1 Å². The van der Waals surface area contributed by atoms with Gasteiger partial charge in [-0.2, -0.15) is 0 Å². The Bertz CT molecular complexity index is 779. The van der Waals surface area contributed by atoms with E-state index >= 15 is 0 Å². The van der Waals surface area contributed by atoms with Crippen molar-refractivity contribution >= 4 is 16.8 Å². The van der Waals surface area contributed by atoms with Crippen molar-refractivity contribution in [3.63, 3.8) is 0 Å². The van der Waals surface area contributed by atoms with Crippen LogP contribution < -0.4 is 15.6 Å². The summed E-state index contributed by atoms with van der Waals surface area (Å²) >= 11 is 0. The molecule has 128 valence electrons. The predicted molar refractivity (Wildman–Crippen MR) is 93.4 cm³/mol. The zero-order chi connectivity index (χ0) is 16.9. The van der Waals surface area contributed by atoms with E-state index in [1.807, 2.05) is 30.0 Å². The van der Waals surface area contributed by atoms with Crippen molar-refractivity contribution in [3.05, 3.63) is 40.7 Å². The average Bonchev–Trinajstić information content (AvgIpc) is 2.62. The Kier molecular flexibility index (Phi) is 5.15. The largest absolute Gasteiger partial charge is 0.494 e. The number of nitrogens with one attached hydrogen (secondary N) is 1. The molecule has 1 aromatic carbocycles. The summed E-state index contributed by atoms with van der Waals surface area (Å²) in [4.78, 5) is 26.4. The standard InChI is InChI=1S/C18H23N3O3/c1-2-24-15-4-5-16-14(13-15)3-6-18(23)21(16)10-7-17(22)20-11-8-19-9-12-20/h3-6,13,19H,2,7-12H2,1H3. The highest BCUT2D eigenvalue weighted by Crippen LogP contribution is 2.20. The molecule has 3 rings (SSSR count). The molecule has 0 bridgehead atoms. The molecule has 0 atom stereocenters. The summed E-state index contributed by atoms with van der Waals surface area (Å²) in [7, 11) is 0. The number of hydrogen-bond acceptors (Lipinski definition) is 4. The lowest BCUT2D eigenvalue weighted by Gasteiger charge is -2.27. The van der Waals surface area contributed by atoms with Gasteiger partial charge in [-0.05, 0) is 31.2 Å². The van der Waals surface area contributed by atoms with E-state index in [0.717, 1.165) is 42.8 Å². The number of hydrogen-bond donors (Lipinski definition) is 1. The lowest BCUT2D eigenvalue weighted by molar-refractivity contribution is -0.131. The maximum Gasteiger partial charge on any atom is 0.251 e. The minimum absolute atomic E-state index is 0.0835. The summed E-state index contributed by atoms with van der Waals surface area (Å²) in [6.07, 6.45) is 0.340. The Labute approximate surface area is 141 Å². The fourth-order valence-corrected chi connectivity index (χ4v) is 3.05. The van der Waals surface area contributed by atoms with Gasteiger partial charge in [-0.25, -0.2) is 0 Å². The zero-order valence-corrected chi connectivity index (χ0v) is 14.0. The van der Waals surface area contributed by atoms with Crippen LogP contribution in [0.3, 0.4) is 0 Å². The fraction of sp³-hybridized carbons (Fsp3) is 0.444. The lowest BCUT2D eigenvalue weighted by atomic mass is 10.2. The van der Waals surface area contributed by atoms with E-state index in [-0.39, 0.29) is 11.5 Å². The highest BCUT2D eigenvalue weighted by atomic mass is 16.5. The van der Waals surface area contributed by atoms with Gasteiger partial charge in [0.2, 0.25) is 5.91 Å². The van der Waals surface area contributed by atoms with Gasteiger partial charge in [0.15, 0.2) is 0 Å². The van der Waals surface area contributed by atoms with Crippen LogP contribution in [0.4, 0.5) is 0 Å². The third-order valence-corrected chi connectivity index (χ3v) is 4.29. The normalized spacial score (nSPS) is 14.8. The van der Waals surface area contributed by atoms with Gasteiger partial charge in [0.1, 0.15) is 5.75 Å². The summed E-state index contributed by atoms with van der Waals surface area (Å²) in [6.45, 7) is 6.08. The molecule has 6 heteroatoms. The molecule has 1 fully saturated rings. The summed E-state index contributed by atoms with van der Waals surface area (Å²) in [6, 6.07) is 9.02. The van der Waals surface area contributed by atoms with Crippen molar-refractivity contribution in [2.45, 2.75) is 19.9 Å². The topological polar surface area (TPSA) is 63.6 Å². The molecule has 2 heterocycles. The highest BCUT2D eigenvalue weighted by Gasteiger charge is 2.16. The number of nitrogens with zero attached hydrogens (tertiary/aromatic N) is 2. The number of aryl methyl sites for hydroxylation is 1. The Morgan fingerprint density at radius 2 is 2.00 bits per heavy atom. The number of amides is 1. The van der Waals surface area contributed by atoms with Gasteiger partial charge in [0, 0.05) is 50.6 Å². The predicted octanol–water partition coefficient (Wildman–Crippen LogP) is 1.22. The first-order valence-corrected chi connectivity index (χ1v) is 8.44. The smallest absolute Gasteiger partial charge is 0.251 e. The van der Waals surface area contributed by atoms with Gasteiger partial charge in [0.05, 0.1) is 12.1 Å². The van der Waals surface area contributed by atoms with E-state index in [4.69, 9.17) is 4.74 Å². The number of ether oxygens (including phenoxy) is 1. The van der Waals surface area contributed by atoms with Gasteiger partial charge < -0.3 is 19.5 Å². The monoisotopic (exact) mass is 329 g/mol. The number of fused-ring (bicyclic) bond motifs is 1. The SMILES string of the molecule is CCOc1ccc2c(ccc(=O)n2CCC(=O)N2CCNCC2)c1. The molecule has 1 aliphatic rings. The molecule has 0 aliphatic carbocycles. The molecule has 6 nitrogen and oxygen atoms in total. The van der Waals surface area contributed by atoms with Crippen LogP contribution in [-0.2, 0) is 11.3 Å². The fourth-order valence-electron chi connectivity index (χ4n) is 3.05. The van der Waals surface area contributed by atoms with Crippen molar-refractivity contribution in [2.75, 3.05) is 32.8 Å². The summed E-state index contributed by atoms with van der Waals surface area (Å²) in [5.41, 5.74) is 0.749. The third kappa shape index (κ3) is 3.59. The highest BCUT2D eigenvalue weighted by molar-refractivity contribution is 5.81. The van der Waals surface area contributed by atoms with Gasteiger partial charge in [0.25, 0.3) is 5.56 Å². The minimum atomic E-state index is -0.0835. The molecule has 1 aromatic heterocycles. The molecule has 1 aliphatic heterocycles. The summed E-state index contributed by atoms with van der Waals surface area (Å²) in [5, 5.41) is 4.17. The molecule has 1 saturated heterocycles. The lowest BCUT2D eigenvalue weighted by Crippen LogP contribution is -2.46. The minimum Gasteiger partial charge on any atom is -0.494 e. The van der Waals surface area contributed by atoms with Crippen LogP contribution in [0.25, 0.3) is 10.9 Å². The second-order valence-electron chi connectivity index (χ2n) is 5.86. The quantitative estimate of drug-likeness (QED) is 0.896. The maximum absolute atomic E-state index is 12.3. The maximum atomic E-state index is 12.3. The molecular weight excluding hydrogens is 306 g/mol. The van der Waals surface area contributed by atoms with Crippen LogP contribution in [0.2, 0.25) is 0 Å². The van der Waals surface area contributed by atoms with E-state index in [2.05, 4.69) is 5.32 Å². The number of rotatable bonds is 5. The first-order chi connectivity index (χ1) is 11.7. The van der Waals surface area contributed by atoms with E-state index in [1.54, 1.807) is 16.7 Å². The van der Waals surface area contributed by atoms with E-state index in [0.29, 0.717) is 19.6 Å². The summed E-state index contributed by atoms with van der Waals surface area (Å²) < 4.78 is 7.18. The Balaban J connectivity index is 1.79. The molecule has 0 saturated carbocycles. The van der Waals surface area contributed by atoms with Crippen LogP contribution in [0.5, 0.6) is 5.75 Å². The second-order valence-corrected chi connectivity index (χ2v) is 5.86. The number of carbonyl (C=O) groups is 1. The van der Waals surface area contributed by atoms with Gasteiger partial charge in [-0.1, -0.05) is 0 Å². The van der Waals surface area contributed by atoms with Crippen molar-refractivity contribution in [3.8, 4) is 5.75 Å². The van der Waals surface area contributed by atoms with Crippen molar-refractivity contribution in [1.29, 1.82) is 0 Å². The molecule has 0 radical (unpaired) electrons. The molecule has 24 heavy (non-hydrogen) atoms. The number of piperazine rings is 1. The van der Waals surface area contributed by atoms with E-state index in [1.165, 1.54) is 0 Å². The van der Waals surface area contributed by atoms with Crippen LogP contribution in [0.1, 0.15) is 13.3 Å². The van der Waals surface area contributed by atoms with Gasteiger partial charge in [-0.15, -0.1) is 0 Å². The zero-order valence-electron chi connectivity index (χ0n) is 14.0. The summed E-state index contributed by atoms with van der Waals surface area (Å²) in [5.74, 6) is 0.887. The van der Waals surface area contributed by atoms with Crippen molar-refractivity contribution in [2.24, 2.45) is 0 Å². The Hall–Kier alpha value is -2.34. The Morgan fingerprint density at radius 1 is 1.21 bits per heavy atom. The van der Waals surface area contributed by atoms with Crippen LogP contribution in [-0.4, -0.2) is 48.2 Å². The Morgan fingerprint density at radius 3 is 2.75 bits per heavy atom. The molecule has 2 aromatic rings. The molecule has 1 amide bonds. The van der Waals surface area contributed by atoms with Crippen molar-refractivity contribution < 1.29 is 9.53 Å². The van der Waals surface area contributed by atoms with Crippen molar-refractivity contribution in [1.82, 2.24) is 14.8 Å². The van der Waals surface area contributed by atoms with E-state index in [9.17, 15) is 9.59 Å². The average molecular weight is 329 g/mol. The number of aromatic nitrogens is 1. The molecule has 0 unspecified atom stereocenters. The van der Waals surface area contributed by atoms with E-state index < -0.39 is 0 Å². The molecular formula is C18H23N3O3. The number of benzene rings is 1. The first-order valence-electron chi connectivity index (χ1n) is 8.44. The first kappa shape index (κ1) is 16.5.